The van der Waals surface area contributed by atoms with Gasteiger partial charge in [-0.2, -0.15) is 0 Å². The first kappa shape index (κ1) is 11.3. The van der Waals surface area contributed by atoms with Crippen LogP contribution in [0.4, 0.5) is 0 Å². The van der Waals surface area contributed by atoms with Gasteiger partial charge >= 0.3 is 0 Å². The molecule has 16 heavy (non-hydrogen) atoms. The Balaban J connectivity index is 2.59. The Morgan fingerprint density at radius 3 is 1.88 bits per heavy atom. The van der Waals surface area contributed by atoms with E-state index in [0.29, 0.717) is 5.56 Å². The number of sulfone groups is 2. The summed E-state index contributed by atoms with van der Waals surface area (Å²) in [6.45, 7) is 0. The molecular formula is C10H10O4S2. The van der Waals surface area contributed by atoms with E-state index in [1.807, 2.05) is 0 Å². The minimum Gasteiger partial charge on any atom is -0.223 e. The van der Waals surface area contributed by atoms with Crippen LogP contribution in [0.25, 0.3) is 6.08 Å². The highest BCUT2D eigenvalue weighted by molar-refractivity contribution is 8.17. The van der Waals surface area contributed by atoms with Crippen molar-refractivity contribution in [2.45, 2.75) is 0 Å². The highest BCUT2D eigenvalue weighted by Gasteiger charge is 2.38. The molecule has 1 aliphatic rings. The minimum atomic E-state index is -3.62. The van der Waals surface area contributed by atoms with Gasteiger partial charge in [0.2, 0.25) is 0 Å². The molecule has 0 N–H and O–H groups in total. The first-order valence-corrected chi connectivity index (χ1v) is 7.94. The standard InChI is InChI=1S/C10H10O4S2/c11-15(12)6-7-16(13,14)10(15)8-9-4-2-1-3-5-9/h1-5,8H,6-7H2. The van der Waals surface area contributed by atoms with Crippen LogP contribution in [0.2, 0.25) is 0 Å². The van der Waals surface area contributed by atoms with E-state index in [9.17, 15) is 16.8 Å². The zero-order valence-electron chi connectivity index (χ0n) is 8.33. The van der Waals surface area contributed by atoms with E-state index < -0.39 is 23.9 Å². The Bertz CT molecular complexity index is 589. The zero-order chi connectivity index (χ0) is 11.8. The van der Waals surface area contributed by atoms with Crippen molar-refractivity contribution in [1.29, 1.82) is 0 Å². The monoisotopic (exact) mass is 258 g/mol. The van der Waals surface area contributed by atoms with Crippen molar-refractivity contribution in [2.75, 3.05) is 11.5 Å². The molecular weight excluding hydrogens is 248 g/mol. The van der Waals surface area contributed by atoms with E-state index in [1.54, 1.807) is 30.3 Å². The van der Waals surface area contributed by atoms with E-state index in [0.717, 1.165) is 0 Å². The quantitative estimate of drug-likeness (QED) is 0.748. The van der Waals surface area contributed by atoms with Gasteiger partial charge in [0, 0.05) is 0 Å². The molecule has 4 nitrogen and oxygen atoms in total. The molecule has 0 amide bonds. The maximum atomic E-state index is 11.5. The van der Waals surface area contributed by atoms with Crippen molar-refractivity contribution in [3.05, 3.63) is 40.1 Å². The number of rotatable bonds is 1. The number of benzene rings is 1. The smallest absolute Gasteiger partial charge is 0.190 e. The van der Waals surface area contributed by atoms with Crippen LogP contribution < -0.4 is 0 Å². The molecule has 0 saturated carbocycles. The molecule has 1 saturated heterocycles. The summed E-state index contributed by atoms with van der Waals surface area (Å²) in [7, 11) is -7.24. The lowest BCUT2D eigenvalue weighted by Gasteiger charge is -1.97. The molecule has 0 radical (unpaired) electrons. The van der Waals surface area contributed by atoms with Crippen LogP contribution in [0, 0.1) is 0 Å². The summed E-state index contributed by atoms with van der Waals surface area (Å²) >= 11 is 0. The van der Waals surface area contributed by atoms with E-state index in [1.165, 1.54) is 6.08 Å². The predicted octanol–water partition coefficient (Wildman–Crippen LogP) is 0.828. The molecule has 1 heterocycles. The fourth-order valence-corrected chi connectivity index (χ4v) is 6.32. The van der Waals surface area contributed by atoms with Crippen LogP contribution in [0.5, 0.6) is 0 Å². The summed E-state index contributed by atoms with van der Waals surface area (Å²) < 4.78 is 45.7. The number of hydrogen-bond donors (Lipinski definition) is 0. The van der Waals surface area contributed by atoms with Crippen LogP contribution in [0.3, 0.4) is 0 Å². The van der Waals surface area contributed by atoms with Gasteiger partial charge in [-0.15, -0.1) is 0 Å². The molecule has 2 rings (SSSR count). The van der Waals surface area contributed by atoms with Crippen molar-refractivity contribution in [3.8, 4) is 0 Å². The van der Waals surface area contributed by atoms with E-state index in [2.05, 4.69) is 0 Å². The van der Waals surface area contributed by atoms with E-state index in [-0.39, 0.29) is 11.5 Å². The van der Waals surface area contributed by atoms with Gasteiger partial charge in [0.05, 0.1) is 11.5 Å². The van der Waals surface area contributed by atoms with Crippen LogP contribution in [-0.4, -0.2) is 28.3 Å². The van der Waals surface area contributed by atoms with Gasteiger partial charge in [-0.05, 0) is 11.6 Å². The molecule has 1 aromatic carbocycles. The predicted molar refractivity (Wildman–Crippen MR) is 62.0 cm³/mol. The molecule has 86 valence electrons. The SMILES string of the molecule is O=S1(=O)CCS(=O)(=O)C1=Cc1ccccc1. The average molecular weight is 258 g/mol. The van der Waals surface area contributed by atoms with E-state index >= 15 is 0 Å². The molecule has 1 aromatic rings. The average Bonchev–Trinajstić information content (AvgIpc) is 2.43. The second-order valence-electron chi connectivity index (χ2n) is 3.51. The summed E-state index contributed by atoms with van der Waals surface area (Å²) in [4.78, 5) is 0. The van der Waals surface area contributed by atoms with Crippen molar-refractivity contribution >= 4 is 25.8 Å². The molecule has 1 fully saturated rings. The van der Waals surface area contributed by atoms with Crippen molar-refractivity contribution < 1.29 is 16.8 Å². The molecule has 0 aliphatic carbocycles. The first-order chi connectivity index (χ1) is 7.42. The van der Waals surface area contributed by atoms with Gasteiger partial charge in [-0.3, -0.25) is 0 Å². The van der Waals surface area contributed by atoms with Crippen molar-refractivity contribution in [2.24, 2.45) is 0 Å². The third-order valence-electron chi connectivity index (χ3n) is 2.32. The molecule has 0 unspecified atom stereocenters. The second kappa shape index (κ2) is 3.71. The Hall–Kier alpha value is -1.14. The molecule has 0 spiro atoms. The zero-order valence-corrected chi connectivity index (χ0v) is 9.96. The van der Waals surface area contributed by atoms with Crippen LogP contribution in [0.1, 0.15) is 5.56 Å². The Labute approximate surface area is 94.4 Å². The summed E-state index contributed by atoms with van der Waals surface area (Å²) in [5.74, 6) is -0.623. The van der Waals surface area contributed by atoms with Crippen LogP contribution in [-0.2, 0) is 19.7 Å². The fraction of sp³-hybridized carbons (Fsp3) is 0.200. The van der Waals surface area contributed by atoms with E-state index in [4.69, 9.17) is 0 Å². The lowest BCUT2D eigenvalue weighted by Crippen LogP contribution is -2.02. The Morgan fingerprint density at radius 2 is 1.38 bits per heavy atom. The van der Waals surface area contributed by atoms with Gasteiger partial charge in [-0.25, -0.2) is 16.8 Å². The maximum Gasteiger partial charge on any atom is 0.190 e. The summed E-state index contributed by atoms with van der Waals surface area (Å²) in [5.41, 5.74) is 0.576. The van der Waals surface area contributed by atoms with Crippen LogP contribution >= 0.6 is 0 Å². The highest BCUT2D eigenvalue weighted by atomic mass is 32.3. The largest absolute Gasteiger partial charge is 0.223 e. The van der Waals surface area contributed by atoms with Crippen molar-refractivity contribution in [1.82, 2.24) is 0 Å². The first-order valence-electron chi connectivity index (χ1n) is 4.64. The molecule has 0 atom stereocenters. The fourth-order valence-electron chi connectivity index (χ4n) is 1.48. The molecule has 0 bridgehead atoms. The Morgan fingerprint density at radius 1 is 0.875 bits per heavy atom. The van der Waals surface area contributed by atoms with Crippen LogP contribution in [0.15, 0.2) is 34.6 Å². The highest BCUT2D eigenvalue weighted by Crippen LogP contribution is 2.26. The topological polar surface area (TPSA) is 68.3 Å². The number of hydrogen-bond acceptors (Lipinski definition) is 4. The van der Waals surface area contributed by atoms with Gasteiger partial charge in [-0.1, -0.05) is 30.3 Å². The molecule has 6 heteroatoms. The van der Waals surface area contributed by atoms with Gasteiger partial charge in [0.1, 0.15) is 0 Å². The Kier molecular flexibility index (Phi) is 2.63. The summed E-state index contributed by atoms with van der Waals surface area (Å²) in [6.07, 6.45) is 1.22. The third kappa shape index (κ3) is 2.03. The van der Waals surface area contributed by atoms with Crippen molar-refractivity contribution in [3.63, 3.8) is 0 Å². The maximum absolute atomic E-state index is 11.5. The second-order valence-corrected chi connectivity index (χ2v) is 7.93. The lowest BCUT2D eigenvalue weighted by atomic mass is 10.2. The third-order valence-corrected chi connectivity index (χ3v) is 7.04. The molecule has 1 aliphatic heterocycles. The van der Waals surface area contributed by atoms with Gasteiger partial charge in [0.15, 0.2) is 23.9 Å². The van der Waals surface area contributed by atoms with Gasteiger partial charge < -0.3 is 0 Å². The summed E-state index contributed by atoms with van der Waals surface area (Å²) in [5, 5.41) is 0. The molecule has 0 aromatic heterocycles. The van der Waals surface area contributed by atoms with Gasteiger partial charge in [0.25, 0.3) is 0 Å². The normalized spacial score (nSPS) is 21.9. The summed E-state index contributed by atoms with van der Waals surface area (Å²) in [6, 6.07) is 8.55. The lowest BCUT2D eigenvalue weighted by molar-refractivity contribution is 0.606. The minimum absolute atomic E-state index is 0.312.